The van der Waals surface area contributed by atoms with E-state index in [2.05, 4.69) is 37.9 Å². The van der Waals surface area contributed by atoms with E-state index < -0.39 is 0 Å². The molecule has 1 saturated carbocycles. The van der Waals surface area contributed by atoms with Gasteiger partial charge in [0.25, 0.3) is 0 Å². The molecule has 19 heavy (non-hydrogen) atoms. The standard InChI is InChI=1S/C17H34N2/c1-5-15-11-18-17(13(2)3)12-19(15)16-8-6-7-14(4)9-10-16/h13-18H,5-12H2,1-4H3. The van der Waals surface area contributed by atoms with Crippen molar-refractivity contribution in [2.45, 2.75) is 84.3 Å². The highest BCUT2D eigenvalue weighted by atomic mass is 15.3. The molecule has 4 unspecified atom stereocenters. The van der Waals surface area contributed by atoms with Crippen molar-refractivity contribution in [1.29, 1.82) is 0 Å². The quantitative estimate of drug-likeness (QED) is 0.784. The van der Waals surface area contributed by atoms with Crippen LogP contribution in [0.15, 0.2) is 0 Å². The summed E-state index contributed by atoms with van der Waals surface area (Å²) in [4.78, 5) is 2.87. The summed E-state index contributed by atoms with van der Waals surface area (Å²) in [6.45, 7) is 12.0. The van der Waals surface area contributed by atoms with Gasteiger partial charge in [0.2, 0.25) is 0 Å². The molecule has 0 aromatic heterocycles. The van der Waals surface area contributed by atoms with Crippen LogP contribution in [0.4, 0.5) is 0 Å². The molecule has 112 valence electrons. The predicted octanol–water partition coefficient (Wildman–Crippen LogP) is 3.66. The second-order valence-electron chi connectivity index (χ2n) is 7.28. The van der Waals surface area contributed by atoms with Crippen LogP contribution in [0.2, 0.25) is 0 Å². The zero-order valence-corrected chi connectivity index (χ0v) is 13.5. The monoisotopic (exact) mass is 266 g/mol. The highest BCUT2D eigenvalue weighted by molar-refractivity contribution is 4.91. The van der Waals surface area contributed by atoms with Crippen molar-refractivity contribution in [1.82, 2.24) is 10.2 Å². The Morgan fingerprint density at radius 3 is 2.63 bits per heavy atom. The molecule has 2 aliphatic rings. The largest absolute Gasteiger partial charge is 0.311 e. The van der Waals surface area contributed by atoms with Crippen LogP contribution in [-0.4, -0.2) is 36.1 Å². The van der Waals surface area contributed by atoms with E-state index >= 15 is 0 Å². The van der Waals surface area contributed by atoms with Gasteiger partial charge in [-0.05, 0) is 37.5 Å². The number of hydrogen-bond acceptors (Lipinski definition) is 2. The van der Waals surface area contributed by atoms with Gasteiger partial charge in [-0.1, -0.05) is 40.5 Å². The second-order valence-corrected chi connectivity index (χ2v) is 7.28. The lowest BCUT2D eigenvalue weighted by Gasteiger charge is -2.45. The van der Waals surface area contributed by atoms with Crippen molar-refractivity contribution in [3.8, 4) is 0 Å². The molecule has 0 bridgehead atoms. The maximum atomic E-state index is 3.77. The Kier molecular flexibility index (Phi) is 5.70. The van der Waals surface area contributed by atoms with Gasteiger partial charge in [0.1, 0.15) is 0 Å². The van der Waals surface area contributed by atoms with Crippen LogP contribution >= 0.6 is 0 Å². The maximum absolute atomic E-state index is 3.77. The van der Waals surface area contributed by atoms with Crippen LogP contribution in [0.5, 0.6) is 0 Å². The Balaban J connectivity index is 2.00. The molecule has 0 aromatic carbocycles. The lowest BCUT2D eigenvalue weighted by Crippen LogP contribution is -2.60. The third-order valence-corrected chi connectivity index (χ3v) is 5.46. The third kappa shape index (κ3) is 3.95. The van der Waals surface area contributed by atoms with E-state index in [0.717, 1.165) is 23.9 Å². The van der Waals surface area contributed by atoms with E-state index in [9.17, 15) is 0 Å². The Morgan fingerprint density at radius 2 is 1.95 bits per heavy atom. The fourth-order valence-corrected chi connectivity index (χ4v) is 3.92. The molecule has 0 radical (unpaired) electrons. The smallest absolute Gasteiger partial charge is 0.0221 e. The van der Waals surface area contributed by atoms with Gasteiger partial charge in [-0.15, -0.1) is 0 Å². The van der Waals surface area contributed by atoms with Gasteiger partial charge in [-0.2, -0.15) is 0 Å². The first kappa shape index (κ1) is 15.3. The summed E-state index contributed by atoms with van der Waals surface area (Å²) in [5, 5.41) is 3.77. The van der Waals surface area contributed by atoms with E-state index in [1.807, 2.05) is 0 Å². The molecule has 1 heterocycles. The van der Waals surface area contributed by atoms with Gasteiger partial charge in [-0.3, -0.25) is 4.90 Å². The Morgan fingerprint density at radius 1 is 1.16 bits per heavy atom. The normalized spacial score (nSPS) is 38.4. The molecule has 4 atom stereocenters. The van der Waals surface area contributed by atoms with Crippen molar-refractivity contribution < 1.29 is 0 Å². The third-order valence-electron chi connectivity index (χ3n) is 5.46. The van der Waals surface area contributed by atoms with Gasteiger partial charge in [0.05, 0.1) is 0 Å². The van der Waals surface area contributed by atoms with Gasteiger partial charge in [0.15, 0.2) is 0 Å². The lowest BCUT2D eigenvalue weighted by molar-refractivity contribution is 0.0593. The number of nitrogens with one attached hydrogen (secondary N) is 1. The lowest BCUT2D eigenvalue weighted by atomic mass is 9.94. The topological polar surface area (TPSA) is 15.3 Å². The summed E-state index contributed by atoms with van der Waals surface area (Å²) in [5.74, 6) is 1.71. The molecular weight excluding hydrogens is 232 g/mol. The summed E-state index contributed by atoms with van der Waals surface area (Å²) in [6.07, 6.45) is 8.50. The highest BCUT2D eigenvalue weighted by Gasteiger charge is 2.33. The fraction of sp³-hybridized carbons (Fsp3) is 1.00. The van der Waals surface area contributed by atoms with Crippen LogP contribution in [0.1, 0.15) is 66.2 Å². The highest BCUT2D eigenvalue weighted by Crippen LogP contribution is 2.29. The SMILES string of the molecule is CCC1CNC(C(C)C)CN1C1CCCC(C)CC1. The van der Waals surface area contributed by atoms with Crippen LogP contribution in [0, 0.1) is 11.8 Å². The van der Waals surface area contributed by atoms with E-state index in [-0.39, 0.29) is 0 Å². The van der Waals surface area contributed by atoms with Crippen molar-refractivity contribution in [3.63, 3.8) is 0 Å². The number of hydrogen-bond donors (Lipinski definition) is 1. The minimum absolute atomic E-state index is 0.698. The molecule has 0 amide bonds. The van der Waals surface area contributed by atoms with E-state index in [1.54, 1.807) is 0 Å². The zero-order chi connectivity index (χ0) is 13.8. The second kappa shape index (κ2) is 7.08. The van der Waals surface area contributed by atoms with Crippen LogP contribution in [0.25, 0.3) is 0 Å². The predicted molar refractivity (Wildman–Crippen MR) is 83.5 cm³/mol. The summed E-state index contributed by atoms with van der Waals surface area (Å²) in [7, 11) is 0. The van der Waals surface area contributed by atoms with Crippen LogP contribution in [0.3, 0.4) is 0 Å². The molecule has 1 aliphatic heterocycles. The molecule has 2 heteroatoms. The molecule has 2 nitrogen and oxygen atoms in total. The van der Waals surface area contributed by atoms with Gasteiger partial charge in [-0.25, -0.2) is 0 Å². The first-order chi connectivity index (χ1) is 9.11. The van der Waals surface area contributed by atoms with E-state index in [1.165, 1.54) is 51.6 Å². The Hall–Kier alpha value is -0.0800. The molecule has 2 fully saturated rings. The zero-order valence-electron chi connectivity index (χ0n) is 13.5. The average molecular weight is 266 g/mol. The molecule has 0 aromatic rings. The van der Waals surface area contributed by atoms with Gasteiger partial charge >= 0.3 is 0 Å². The van der Waals surface area contributed by atoms with Crippen molar-refractivity contribution in [3.05, 3.63) is 0 Å². The fourth-order valence-electron chi connectivity index (χ4n) is 3.92. The first-order valence-corrected chi connectivity index (χ1v) is 8.61. The van der Waals surface area contributed by atoms with Gasteiger partial charge < -0.3 is 5.32 Å². The Bertz CT molecular complexity index is 264. The molecule has 0 spiro atoms. The maximum Gasteiger partial charge on any atom is 0.0221 e. The van der Waals surface area contributed by atoms with Crippen LogP contribution < -0.4 is 5.32 Å². The minimum atomic E-state index is 0.698. The molecule has 1 aliphatic carbocycles. The average Bonchev–Trinajstić information content (AvgIpc) is 2.62. The van der Waals surface area contributed by atoms with Gasteiger partial charge in [0, 0.05) is 31.2 Å². The van der Waals surface area contributed by atoms with E-state index in [0.29, 0.717) is 6.04 Å². The van der Waals surface area contributed by atoms with Crippen LogP contribution in [-0.2, 0) is 0 Å². The first-order valence-electron chi connectivity index (χ1n) is 8.61. The molecule has 1 N–H and O–H groups in total. The number of nitrogens with zero attached hydrogens (tertiary/aromatic N) is 1. The number of piperazine rings is 1. The molecule has 1 saturated heterocycles. The number of rotatable bonds is 3. The Labute approximate surface area is 120 Å². The summed E-state index contributed by atoms with van der Waals surface area (Å²) >= 11 is 0. The summed E-state index contributed by atoms with van der Waals surface area (Å²) < 4.78 is 0. The molecule has 2 rings (SSSR count). The van der Waals surface area contributed by atoms with E-state index in [4.69, 9.17) is 0 Å². The van der Waals surface area contributed by atoms with Crippen molar-refractivity contribution >= 4 is 0 Å². The van der Waals surface area contributed by atoms with Crippen molar-refractivity contribution in [2.75, 3.05) is 13.1 Å². The minimum Gasteiger partial charge on any atom is -0.311 e. The molecular formula is C17H34N2. The summed E-state index contributed by atoms with van der Waals surface area (Å²) in [5.41, 5.74) is 0. The summed E-state index contributed by atoms with van der Waals surface area (Å²) in [6, 6.07) is 2.33. The van der Waals surface area contributed by atoms with Crippen molar-refractivity contribution in [2.24, 2.45) is 11.8 Å².